The molecule has 0 aliphatic carbocycles. The van der Waals surface area contributed by atoms with Crippen molar-refractivity contribution in [1.29, 1.82) is 0 Å². The summed E-state index contributed by atoms with van der Waals surface area (Å²) < 4.78 is 14.2. The molecule has 126 valence electrons. The number of carboxylic acids is 1. The Bertz CT molecular complexity index is 632. The molecule has 0 saturated carbocycles. The van der Waals surface area contributed by atoms with E-state index in [-0.39, 0.29) is 16.8 Å². The van der Waals surface area contributed by atoms with Gasteiger partial charge in [0.15, 0.2) is 0 Å². The van der Waals surface area contributed by atoms with E-state index in [0.717, 1.165) is 0 Å². The van der Waals surface area contributed by atoms with E-state index in [9.17, 15) is 14.0 Å². The normalized spacial score (nSPS) is 22.0. The van der Waals surface area contributed by atoms with E-state index in [0.29, 0.717) is 25.1 Å². The van der Waals surface area contributed by atoms with Gasteiger partial charge in [-0.15, -0.1) is 0 Å². The highest BCUT2D eigenvalue weighted by Gasteiger charge is 2.40. The number of hydrogen-bond donors (Lipinski definition) is 1. The van der Waals surface area contributed by atoms with Crippen LogP contribution in [0.25, 0.3) is 0 Å². The number of nitrogens with zero attached hydrogens (tertiary/aromatic N) is 1. The third kappa shape index (κ3) is 3.50. The lowest BCUT2D eigenvalue weighted by molar-refractivity contribution is -0.149. The van der Waals surface area contributed by atoms with Crippen molar-refractivity contribution >= 4 is 23.5 Å². The van der Waals surface area contributed by atoms with Crippen LogP contribution < -0.4 is 0 Å². The smallest absolute Gasteiger partial charge is 0.306 e. The van der Waals surface area contributed by atoms with Crippen LogP contribution in [-0.2, 0) is 15.0 Å². The van der Waals surface area contributed by atoms with Crippen molar-refractivity contribution in [2.24, 2.45) is 11.8 Å². The molecule has 2 rings (SSSR count). The van der Waals surface area contributed by atoms with Gasteiger partial charge in [-0.3, -0.25) is 9.59 Å². The number of carbonyl (C=O) groups is 2. The van der Waals surface area contributed by atoms with Gasteiger partial charge in [0.2, 0.25) is 5.91 Å². The van der Waals surface area contributed by atoms with E-state index in [2.05, 4.69) is 0 Å². The molecule has 0 radical (unpaired) electrons. The summed E-state index contributed by atoms with van der Waals surface area (Å²) in [6.45, 7) is 5.92. The standard InChI is InChI=1S/C17H21ClFNO3/c1-10-9-20(7-6-12(10)15(21)22)16(23)17(2,3)13-5-4-11(18)8-14(13)19/h4-5,8,10,12H,6-7,9H2,1-3H3,(H,21,22). The number of amides is 1. The van der Waals surface area contributed by atoms with Gasteiger partial charge < -0.3 is 10.0 Å². The number of aliphatic carboxylic acids is 1. The minimum absolute atomic E-state index is 0.129. The highest BCUT2D eigenvalue weighted by Crippen LogP contribution is 2.32. The summed E-state index contributed by atoms with van der Waals surface area (Å²) in [6.07, 6.45) is 0.418. The maximum atomic E-state index is 14.2. The Morgan fingerprint density at radius 2 is 2.04 bits per heavy atom. The zero-order valence-corrected chi connectivity index (χ0v) is 14.2. The second kappa shape index (κ2) is 6.48. The fourth-order valence-corrected chi connectivity index (χ4v) is 3.36. The highest BCUT2D eigenvalue weighted by molar-refractivity contribution is 6.30. The van der Waals surface area contributed by atoms with Gasteiger partial charge >= 0.3 is 5.97 Å². The third-order valence-electron chi connectivity index (χ3n) is 4.65. The third-order valence-corrected chi connectivity index (χ3v) is 4.88. The number of benzene rings is 1. The molecule has 2 unspecified atom stereocenters. The first kappa shape index (κ1) is 17.7. The summed E-state index contributed by atoms with van der Waals surface area (Å²) in [5.41, 5.74) is -0.746. The zero-order valence-electron chi connectivity index (χ0n) is 13.5. The number of halogens is 2. The number of rotatable bonds is 3. The first-order valence-corrected chi connectivity index (χ1v) is 8.00. The minimum Gasteiger partial charge on any atom is -0.481 e. The molecule has 1 aliphatic heterocycles. The van der Waals surface area contributed by atoms with Crippen LogP contribution in [0.4, 0.5) is 4.39 Å². The van der Waals surface area contributed by atoms with Crippen molar-refractivity contribution in [3.8, 4) is 0 Å². The average molecular weight is 342 g/mol. The summed E-state index contributed by atoms with van der Waals surface area (Å²) in [7, 11) is 0. The van der Waals surface area contributed by atoms with Crippen LogP contribution >= 0.6 is 11.6 Å². The molecule has 0 aromatic heterocycles. The highest BCUT2D eigenvalue weighted by atomic mass is 35.5. The molecule has 2 atom stereocenters. The van der Waals surface area contributed by atoms with Crippen molar-refractivity contribution in [3.63, 3.8) is 0 Å². The first-order chi connectivity index (χ1) is 10.6. The molecule has 1 aliphatic rings. The van der Waals surface area contributed by atoms with Crippen molar-refractivity contribution in [2.45, 2.75) is 32.6 Å². The number of likely N-dealkylation sites (tertiary alicyclic amines) is 1. The van der Waals surface area contributed by atoms with Gasteiger partial charge in [-0.2, -0.15) is 0 Å². The monoisotopic (exact) mass is 341 g/mol. The molecule has 1 aromatic carbocycles. The second-order valence-corrected chi connectivity index (χ2v) is 7.15. The van der Waals surface area contributed by atoms with Crippen LogP contribution in [0.15, 0.2) is 18.2 Å². The van der Waals surface area contributed by atoms with Crippen molar-refractivity contribution in [3.05, 3.63) is 34.6 Å². The van der Waals surface area contributed by atoms with Gasteiger partial charge in [0.25, 0.3) is 0 Å². The van der Waals surface area contributed by atoms with E-state index in [4.69, 9.17) is 16.7 Å². The maximum absolute atomic E-state index is 14.2. The van der Waals surface area contributed by atoms with Crippen LogP contribution in [0.5, 0.6) is 0 Å². The van der Waals surface area contributed by atoms with Gasteiger partial charge in [0, 0.05) is 23.7 Å². The molecule has 4 nitrogen and oxygen atoms in total. The molecule has 1 amide bonds. The Labute approximate surface area is 140 Å². The fraction of sp³-hybridized carbons (Fsp3) is 0.529. The summed E-state index contributed by atoms with van der Waals surface area (Å²) in [4.78, 5) is 25.7. The molecule has 1 heterocycles. The Hall–Kier alpha value is -1.62. The molecule has 6 heteroatoms. The van der Waals surface area contributed by atoms with Crippen LogP contribution in [-0.4, -0.2) is 35.0 Å². The fourth-order valence-electron chi connectivity index (χ4n) is 3.20. The summed E-state index contributed by atoms with van der Waals surface area (Å²) in [5, 5.41) is 9.45. The lowest BCUT2D eigenvalue weighted by Gasteiger charge is -2.39. The lowest BCUT2D eigenvalue weighted by atomic mass is 9.80. The lowest BCUT2D eigenvalue weighted by Crippen LogP contribution is -2.50. The Kier molecular flexibility index (Phi) is 4.99. The van der Waals surface area contributed by atoms with Gasteiger partial charge in [-0.25, -0.2) is 4.39 Å². The van der Waals surface area contributed by atoms with Crippen LogP contribution in [0.1, 0.15) is 32.8 Å². The molecular weight excluding hydrogens is 321 g/mol. The van der Waals surface area contributed by atoms with Crippen molar-refractivity contribution in [1.82, 2.24) is 4.90 Å². The second-order valence-electron chi connectivity index (χ2n) is 6.71. The van der Waals surface area contributed by atoms with Gasteiger partial charge in [-0.05, 0) is 38.3 Å². The molecule has 1 fully saturated rings. The maximum Gasteiger partial charge on any atom is 0.306 e. The number of carbonyl (C=O) groups excluding carboxylic acids is 1. The van der Waals surface area contributed by atoms with Crippen LogP contribution in [0.2, 0.25) is 5.02 Å². The molecule has 0 bridgehead atoms. The first-order valence-electron chi connectivity index (χ1n) is 7.62. The van der Waals surface area contributed by atoms with Crippen LogP contribution in [0.3, 0.4) is 0 Å². The molecule has 0 spiro atoms. The number of piperidine rings is 1. The quantitative estimate of drug-likeness (QED) is 0.917. The minimum atomic E-state index is -1.04. The van der Waals surface area contributed by atoms with Crippen molar-refractivity contribution in [2.75, 3.05) is 13.1 Å². The van der Waals surface area contributed by atoms with E-state index < -0.39 is 23.1 Å². The van der Waals surface area contributed by atoms with E-state index in [1.54, 1.807) is 24.8 Å². The zero-order chi connectivity index (χ0) is 17.4. The Morgan fingerprint density at radius 3 is 2.57 bits per heavy atom. The predicted octanol–water partition coefficient (Wildman–Crippen LogP) is 3.33. The summed E-state index contributed by atoms with van der Waals surface area (Å²) >= 11 is 5.77. The van der Waals surface area contributed by atoms with E-state index in [1.807, 2.05) is 6.92 Å². The van der Waals surface area contributed by atoms with Gasteiger partial charge in [0.1, 0.15) is 5.82 Å². The number of hydrogen-bond acceptors (Lipinski definition) is 2. The average Bonchev–Trinajstić information content (AvgIpc) is 2.45. The van der Waals surface area contributed by atoms with E-state index >= 15 is 0 Å². The largest absolute Gasteiger partial charge is 0.481 e. The SMILES string of the molecule is CC1CN(C(=O)C(C)(C)c2ccc(Cl)cc2F)CCC1C(=O)O. The van der Waals surface area contributed by atoms with E-state index in [1.165, 1.54) is 12.1 Å². The topological polar surface area (TPSA) is 57.6 Å². The summed E-state index contributed by atoms with van der Waals surface area (Å²) in [6, 6.07) is 4.29. The van der Waals surface area contributed by atoms with Crippen LogP contribution in [0, 0.1) is 17.7 Å². The van der Waals surface area contributed by atoms with Gasteiger partial charge in [-0.1, -0.05) is 24.6 Å². The molecule has 1 N–H and O–H groups in total. The van der Waals surface area contributed by atoms with Crippen molar-refractivity contribution < 1.29 is 19.1 Å². The predicted molar refractivity (Wildman–Crippen MR) is 85.9 cm³/mol. The Morgan fingerprint density at radius 1 is 1.39 bits per heavy atom. The molecule has 1 aromatic rings. The summed E-state index contributed by atoms with van der Waals surface area (Å²) in [5.74, 6) is -2.10. The Balaban J connectivity index is 2.20. The molecule has 1 saturated heterocycles. The molecular formula is C17H21ClFNO3. The van der Waals surface area contributed by atoms with Gasteiger partial charge in [0.05, 0.1) is 11.3 Å². The number of carboxylic acid groups (broad SMARTS) is 1. The molecule has 23 heavy (non-hydrogen) atoms.